The minimum atomic E-state index is -1.56. The van der Waals surface area contributed by atoms with Crippen molar-refractivity contribution in [2.24, 2.45) is 0 Å². The number of carbonyl (C=O) groups excluding carboxylic acids is 2. The van der Waals surface area contributed by atoms with E-state index in [1.807, 2.05) is 0 Å². The fourth-order valence-corrected chi connectivity index (χ4v) is 3.38. The molecule has 1 aromatic carbocycles. The lowest BCUT2D eigenvalue weighted by atomic mass is 10.1. The summed E-state index contributed by atoms with van der Waals surface area (Å²) < 4.78 is -0.00980. The van der Waals surface area contributed by atoms with Crippen molar-refractivity contribution in [3.8, 4) is 0 Å². The third-order valence-corrected chi connectivity index (χ3v) is 4.49. The van der Waals surface area contributed by atoms with Gasteiger partial charge >= 0.3 is 11.9 Å². The van der Waals surface area contributed by atoms with E-state index in [-0.39, 0.29) is 9.23 Å². The Kier molecular flexibility index (Phi) is 5.47. The number of nitrogens with zero attached hydrogens (tertiary/aromatic N) is 1. The van der Waals surface area contributed by atoms with Crippen LogP contribution in [0.15, 0.2) is 29.2 Å². The first-order valence-corrected chi connectivity index (χ1v) is 7.83. The van der Waals surface area contributed by atoms with Crippen molar-refractivity contribution in [3.05, 3.63) is 40.3 Å². The molecule has 1 heterocycles. The van der Waals surface area contributed by atoms with Crippen molar-refractivity contribution >= 4 is 58.5 Å². The van der Waals surface area contributed by atoms with E-state index in [1.54, 1.807) is 24.3 Å². The molecule has 0 spiro atoms. The molecule has 24 heavy (non-hydrogen) atoms. The standard InChI is InChI=1S/C15H11NO6S2/c17-7-9-3-1-8(2-4-9)5-11-13(20)16(15(23)24-11)10(14(21)22)6-12(18)19/h1-5,7,10H,6H2,(H,18,19)(H,21,22). The van der Waals surface area contributed by atoms with Gasteiger partial charge in [-0.2, -0.15) is 0 Å². The number of aliphatic carboxylic acids is 2. The van der Waals surface area contributed by atoms with Gasteiger partial charge in [-0.3, -0.25) is 19.3 Å². The van der Waals surface area contributed by atoms with Crippen LogP contribution in [0.25, 0.3) is 6.08 Å². The topological polar surface area (TPSA) is 112 Å². The van der Waals surface area contributed by atoms with Crippen LogP contribution in [0.5, 0.6) is 0 Å². The molecule has 0 bridgehead atoms. The largest absolute Gasteiger partial charge is 0.481 e. The second-order valence-electron chi connectivity index (χ2n) is 4.79. The highest BCUT2D eigenvalue weighted by Gasteiger charge is 2.41. The highest BCUT2D eigenvalue weighted by atomic mass is 32.2. The lowest BCUT2D eigenvalue weighted by molar-refractivity contribution is -0.150. The summed E-state index contributed by atoms with van der Waals surface area (Å²) in [5, 5.41) is 18.0. The van der Waals surface area contributed by atoms with Gasteiger partial charge in [0.2, 0.25) is 0 Å². The Bertz CT molecular complexity index is 756. The molecule has 7 nitrogen and oxygen atoms in total. The molecule has 1 aliphatic heterocycles. The summed E-state index contributed by atoms with van der Waals surface area (Å²) in [5.74, 6) is -3.44. The maximum atomic E-state index is 12.4. The van der Waals surface area contributed by atoms with Crippen molar-refractivity contribution < 1.29 is 29.4 Å². The van der Waals surface area contributed by atoms with Crippen LogP contribution in [0.2, 0.25) is 0 Å². The van der Waals surface area contributed by atoms with Crippen LogP contribution in [0, 0.1) is 0 Å². The number of amides is 1. The van der Waals surface area contributed by atoms with E-state index in [2.05, 4.69) is 0 Å². The summed E-state index contributed by atoms with van der Waals surface area (Å²) in [6.07, 6.45) is 1.45. The van der Waals surface area contributed by atoms with Crippen LogP contribution in [-0.4, -0.2) is 49.6 Å². The number of benzene rings is 1. The molecule has 1 aliphatic rings. The monoisotopic (exact) mass is 365 g/mol. The summed E-state index contributed by atoms with van der Waals surface area (Å²) in [6, 6.07) is 4.84. The average molecular weight is 365 g/mol. The first kappa shape index (κ1) is 17.8. The Morgan fingerprint density at radius 3 is 2.29 bits per heavy atom. The molecule has 0 aromatic heterocycles. The minimum Gasteiger partial charge on any atom is -0.481 e. The van der Waals surface area contributed by atoms with Gasteiger partial charge in [-0.05, 0) is 11.6 Å². The van der Waals surface area contributed by atoms with Crippen molar-refractivity contribution in [1.29, 1.82) is 0 Å². The summed E-state index contributed by atoms with van der Waals surface area (Å²) in [4.78, 5) is 46.1. The van der Waals surface area contributed by atoms with Gasteiger partial charge in [0.25, 0.3) is 5.91 Å². The molecule has 0 radical (unpaired) electrons. The van der Waals surface area contributed by atoms with Crippen LogP contribution >= 0.6 is 24.0 Å². The summed E-state index contributed by atoms with van der Waals surface area (Å²) in [6.45, 7) is 0. The van der Waals surface area contributed by atoms with Gasteiger partial charge in [-0.25, -0.2) is 4.79 Å². The van der Waals surface area contributed by atoms with E-state index in [0.717, 1.165) is 16.7 Å². The lowest BCUT2D eigenvalue weighted by Gasteiger charge is -2.21. The molecule has 1 unspecified atom stereocenters. The van der Waals surface area contributed by atoms with Gasteiger partial charge in [0, 0.05) is 5.56 Å². The number of rotatable bonds is 6. The molecule has 0 saturated carbocycles. The highest BCUT2D eigenvalue weighted by molar-refractivity contribution is 8.26. The second-order valence-corrected chi connectivity index (χ2v) is 6.46. The van der Waals surface area contributed by atoms with Gasteiger partial charge in [-0.15, -0.1) is 0 Å². The van der Waals surface area contributed by atoms with Gasteiger partial charge < -0.3 is 10.2 Å². The molecule has 124 valence electrons. The molecule has 1 fully saturated rings. The number of thiocarbonyl (C=S) groups is 1. The van der Waals surface area contributed by atoms with Crippen molar-refractivity contribution in [2.75, 3.05) is 0 Å². The normalized spacial score (nSPS) is 17.2. The lowest BCUT2D eigenvalue weighted by Crippen LogP contribution is -2.45. The average Bonchev–Trinajstić information content (AvgIpc) is 2.79. The second kappa shape index (κ2) is 7.37. The van der Waals surface area contributed by atoms with Crippen LogP contribution in [0.4, 0.5) is 0 Å². The third kappa shape index (κ3) is 3.87. The molecule has 2 N–H and O–H groups in total. The first-order valence-electron chi connectivity index (χ1n) is 6.60. The SMILES string of the molecule is O=Cc1ccc(C=C2SC(=S)N(C(CC(=O)O)C(=O)O)C2=O)cc1. The minimum absolute atomic E-state index is 0.00980. The van der Waals surface area contributed by atoms with E-state index >= 15 is 0 Å². The van der Waals surface area contributed by atoms with Gasteiger partial charge in [0.1, 0.15) is 16.6 Å². The zero-order valence-corrected chi connectivity index (χ0v) is 13.7. The summed E-state index contributed by atoms with van der Waals surface area (Å²) in [7, 11) is 0. The molecule has 9 heteroatoms. The smallest absolute Gasteiger partial charge is 0.327 e. The number of aldehydes is 1. The van der Waals surface area contributed by atoms with Crippen LogP contribution in [0.1, 0.15) is 22.3 Å². The predicted molar refractivity (Wildman–Crippen MR) is 90.5 cm³/mol. The number of thioether (sulfide) groups is 1. The van der Waals surface area contributed by atoms with E-state index in [1.165, 1.54) is 6.08 Å². The van der Waals surface area contributed by atoms with Gasteiger partial charge in [-0.1, -0.05) is 48.2 Å². The van der Waals surface area contributed by atoms with Crippen molar-refractivity contribution in [2.45, 2.75) is 12.5 Å². The van der Waals surface area contributed by atoms with E-state index in [9.17, 15) is 24.3 Å². The quantitative estimate of drug-likeness (QED) is 0.444. The Morgan fingerprint density at radius 2 is 1.79 bits per heavy atom. The molecule has 1 amide bonds. The van der Waals surface area contributed by atoms with Crippen LogP contribution in [0.3, 0.4) is 0 Å². The van der Waals surface area contributed by atoms with Crippen LogP contribution in [-0.2, 0) is 14.4 Å². The molecule has 0 aliphatic carbocycles. The zero-order chi connectivity index (χ0) is 17.9. The van der Waals surface area contributed by atoms with E-state index in [4.69, 9.17) is 17.3 Å². The van der Waals surface area contributed by atoms with Gasteiger partial charge in [0.05, 0.1) is 11.3 Å². The Morgan fingerprint density at radius 1 is 1.21 bits per heavy atom. The highest BCUT2D eigenvalue weighted by Crippen LogP contribution is 2.34. The first-order chi connectivity index (χ1) is 11.3. The number of hydrogen-bond acceptors (Lipinski definition) is 6. The molecule has 1 saturated heterocycles. The van der Waals surface area contributed by atoms with Crippen LogP contribution < -0.4 is 0 Å². The molecule has 1 aromatic rings. The van der Waals surface area contributed by atoms with Gasteiger partial charge in [0.15, 0.2) is 0 Å². The number of carboxylic acid groups (broad SMARTS) is 2. The maximum absolute atomic E-state index is 12.4. The summed E-state index contributed by atoms with van der Waals surface area (Å²) in [5.41, 5.74) is 1.11. The maximum Gasteiger partial charge on any atom is 0.327 e. The number of carboxylic acids is 2. The molecular weight excluding hydrogens is 354 g/mol. The fourth-order valence-electron chi connectivity index (χ4n) is 2.03. The fraction of sp³-hybridized carbons (Fsp3) is 0.133. The summed E-state index contributed by atoms with van der Waals surface area (Å²) >= 11 is 5.93. The van der Waals surface area contributed by atoms with E-state index in [0.29, 0.717) is 17.4 Å². The molecular formula is C15H11NO6S2. The Labute approximate surface area is 145 Å². The van der Waals surface area contributed by atoms with E-state index < -0.39 is 30.3 Å². The predicted octanol–water partition coefficient (Wildman–Crippen LogP) is 1.63. The van der Waals surface area contributed by atoms with Crippen molar-refractivity contribution in [3.63, 3.8) is 0 Å². The molecule has 2 rings (SSSR count). The number of hydrogen-bond donors (Lipinski definition) is 2. The zero-order valence-electron chi connectivity index (χ0n) is 12.0. The van der Waals surface area contributed by atoms with Crippen molar-refractivity contribution in [1.82, 2.24) is 4.90 Å². The Hall–Kier alpha value is -2.52. The number of carbonyl (C=O) groups is 4. The Balaban J connectivity index is 2.29. The molecule has 1 atom stereocenters. The third-order valence-electron chi connectivity index (χ3n) is 3.16.